The van der Waals surface area contributed by atoms with Crippen LogP contribution in [0.2, 0.25) is 0 Å². The maximum atomic E-state index is 12.0. The molecule has 2 aliphatic heterocycles. The van der Waals surface area contributed by atoms with Crippen molar-refractivity contribution in [1.82, 2.24) is 4.90 Å². The summed E-state index contributed by atoms with van der Waals surface area (Å²) in [6.07, 6.45) is 4.47. The maximum Gasteiger partial charge on any atom is 0.239 e. The number of carbonyl (C=O) groups is 1. The van der Waals surface area contributed by atoms with Crippen molar-refractivity contribution in [2.75, 3.05) is 13.1 Å². The minimum absolute atomic E-state index is 0.108. The summed E-state index contributed by atoms with van der Waals surface area (Å²) in [5.74, 6) is 0.108. The third kappa shape index (κ3) is 2.32. The molecule has 2 unspecified atom stereocenters. The molecule has 0 aliphatic carbocycles. The van der Waals surface area contributed by atoms with Crippen molar-refractivity contribution in [2.45, 2.75) is 50.9 Å². The van der Waals surface area contributed by atoms with Gasteiger partial charge in [0.15, 0.2) is 0 Å². The van der Waals surface area contributed by atoms with Crippen LogP contribution in [0.3, 0.4) is 0 Å². The number of ether oxygens (including phenoxy) is 1. The van der Waals surface area contributed by atoms with Crippen LogP contribution in [0.15, 0.2) is 0 Å². The van der Waals surface area contributed by atoms with Gasteiger partial charge in [0.2, 0.25) is 5.91 Å². The number of fused-ring (bicyclic) bond motifs is 2. The molecule has 15 heavy (non-hydrogen) atoms. The predicted molar refractivity (Wildman–Crippen MR) is 57.4 cm³/mol. The number of amides is 1. The number of hydrogen-bond acceptors (Lipinski definition) is 3. The first-order valence-corrected chi connectivity index (χ1v) is 5.90. The number of nitrogens with zero attached hydrogens (tertiary/aromatic N) is 1. The van der Waals surface area contributed by atoms with Gasteiger partial charge in [-0.1, -0.05) is 13.3 Å². The van der Waals surface area contributed by atoms with Crippen molar-refractivity contribution in [3.05, 3.63) is 0 Å². The van der Waals surface area contributed by atoms with E-state index in [0.29, 0.717) is 0 Å². The summed E-state index contributed by atoms with van der Waals surface area (Å²) in [6.45, 7) is 3.54. The minimum Gasteiger partial charge on any atom is -0.371 e. The third-order valence-electron chi connectivity index (χ3n) is 3.27. The summed E-state index contributed by atoms with van der Waals surface area (Å²) in [6, 6.07) is -0.313. The van der Waals surface area contributed by atoms with E-state index in [1.54, 1.807) is 0 Å². The SMILES string of the molecule is CCC[C@H](N)C(=O)N1CC2CCC(C1)O2. The molecule has 2 bridgehead atoms. The second-order valence-corrected chi connectivity index (χ2v) is 4.60. The Hall–Kier alpha value is -0.610. The molecule has 86 valence electrons. The van der Waals surface area contributed by atoms with Crippen LogP contribution in [0, 0.1) is 0 Å². The Morgan fingerprint density at radius 3 is 2.60 bits per heavy atom. The maximum absolute atomic E-state index is 12.0. The summed E-state index contributed by atoms with van der Waals surface area (Å²) in [7, 11) is 0. The lowest BCUT2D eigenvalue weighted by atomic mass is 10.1. The van der Waals surface area contributed by atoms with E-state index >= 15 is 0 Å². The monoisotopic (exact) mass is 212 g/mol. The topological polar surface area (TPSA) is 55.6 Å². The Balaban J connectivity index is 1.90. The molecule has 2 N–H and O–H groups in total. The van der Waals surface area contributed by atoms with Crippen molar-refractivity contribution in [3.63, 3.8) is 0 Å². The zero-order chi connectivity index (χ0) is 10.8. The van der Waals surface area contributed by atoms with Gasteiger partial charge in [-0.05, 0) is 19.3 Å². The molecule has 0 aromatic heterocycles. The first-order chi connectivity index (χ1) is 7.20. The van der Waals surface area contributed by atoms with E-state index in [-0.39, 0.29) is 24.2 Å². The van der Waals surface area contributed by atoms with Crippen LogP contribution in [0.25, 0.3) is 0 Å². The van der Waals surface area contributed by atoms with Gasteiger partial charge in [-0.25, -0.2) is 0 Å². The minimum atomic E-state index is -0.313. The van der Waals surface area contributed by atoms with Crippen LogP contribution in [0.4, 0.5) is 0 Å². The highest BCUT2D eigenvalue weighted by Gasteiger charge is 2.36. The Morgan fingerprint density at radius 1 is 1.47 bits per heavy atom. The molecule has 2 saturated heterocycles. The normalized spacial score (nSPS) is 31.7. The molecule has 1 amide bonds. The number of morpholine rings is 1. The van der Waals surface area contributed by atoms with E-state index in [4.69, 9.17) is 10.5 Å². The molecule has 0 saturated carbocycles. The molecule has 3 atom stereocenters. The summed E-state index contributed by atoms with van der Waals surface area (Å²) >= 11 is 0. The molecular formula is C11H20N2O2. The van der Waals surface area contributed by atoms with Crippen LogP contribution in [-0.2, 0) is 9.53 Å². The summed E-state index contributed by atoms with van der Waals surface area (Å²) in [4.78, 5) is 13.8. The fourth-order valence-electron chi connectivity index (χ4n) is 2.46. The van der Waals surface area contributed by atoms with Gasteiger partial charge >= 0.3 is 0 Å². The van der Waals surface area contributed by atoms with Gasteiger partial charge < -0.3 is 15.4 Å². The Bertz CT molecular complexity index is 233. The van der Waals surface area contributed by atoms with Gasteiger partial charge in [-0.15, -0.1) is 0 Å². The van der Waals surface area contributed by atoms with Gasteiger partial charge in [-0.3, -0.25) is 4.79 Å². The molecule has 4 nitrogen and oxygen atoms in total. The third-order valence-corrected chi connectivity index (χ3v) is 3.27. The average molecular weight is 212 g/mol. The predicted octanol–water partition coefficient (Wildman–Crippen LogP) is 0.504. The smallest absolute Gasteiger partial charge is 0.239 e. The van der Waals surface area contributed by atoms with Gasteiger partial charge in [0.25, 0.3) is 0 Å². The fraction of sp³-hybridized carbons (Fsp3) is 0.909. The van der Waals surface area contributed by atoms with Gasteiger partial charge in [-0.2, -0.15) is 0 Å². The highest BCUT2D eigenvalue weighted by atomic mass is 16.5. The fourth-order valence-corrected chi connectivity index (χ4v) is 2.46. The Kier molecular flexibility index (Phi) is 3.26. The lowest BCUT2D eigenvalue weighted by Crippen LogP contribution is -2.51. The molecule has 2 rings (SSSR count). The zero-order valence-corrected chi connectivity index (χ0v) is 9.32. The van der Waals surface area contributed by atoms with E-state index in [1.165, 1.54) is 0 Å². The number of nitrogens with two attached hydrogens (primary N) is 1. The molecule has 2 aliphatic rings. The Morgan fingerprint density at radius 2 is 2.07 bits per heavy atom. The zero-order valence-electron chi connectivity index (χ0n) is 9.32. The van der Waals surface area contributed by atoms with Crippen molar-refractivity contribution in [2.24, 2.45) is 5.73 Å². The summed E-state index contributed by atoms with van der Waals surface area (Å²) in [5.41, 5.74) is 5.84. The van der Waals surface area contributed by atoms with Crippen LogP contribution in [-0.4, -0.2) is 42.1 Å². The molecule has 4 heteroatoms. The first-order valence-electron chi connectivity index (χ1n) is 5.90. The lowest BCUT2D eigenvalue weighted by molar-refractivity contribution is -0.141. The van der Waals surface area contributed by atoms with E-state index in [9.17, 15) is 4.79 Å². The number of likely N-dealkylation sites (tertiary alicyclic amines) is 1. The van der Waals surface area contributed by atoms with Gasteiger partial charge in [0, 0.05) is 13.1 Å². The summed E-state index contributed by atoms with van der Waals surface area (Å²) in [5, 5.41) is 0. The largest absolute Gasteiger partial charge is 0.371 e. The van der Waals surface area contributed by atoms with Crippen LogP contribution < -0.4 is 5.73 Å². The summed E-state index contributed by atoms with van der Waals surface area (Å²) < 4.78 is 5.68. The van der Waals surface area contributed by atoms with Crippen LogP contribution in [0.5, 0.6) is 0 Å². The van der Waals surface area contributed by atoms with Crippen LogP contribution in [0.1, 0.15) is 32.6 Å². The van der Waals surface area contributed by atoms with E-state index in [0.717, 1.165) is 38.8 Å². The quantitative estimate of drug-likeness (QED) is 0.741. The number of hydrogen-bond donors (Lipinski definition) is 1. The molecule has 0 aromatic carbocycles. The molecule has 0 spiro atoms. The van der Waals surface area contributed by atoms with Crippen molar-refractivity contribution in [3.8, 4) is 0 Å². The first kappa shape index (κ1) is 10.9. The molecular weight excluding hydrogens is 192 g/mol. The van der Waals surface area contributed by atoms with Crippen LogP contribution >= 0.6 is 0 Å². The second-order valence-electron chi connectivity index (χ2n) is 4.60. The molecule has 2 heterocycles. The lowest BCUT2D eigenvalue weighted by Gasteiger charge is -2.33. The van der Waals surface area contributed by atoms with E-state index < -0.39 is 0 Å². The van der Waals surface area contributed by atoms with Gasteiger partial charge in [0.05, 0.1) is 18.2 Å². The highest BCUT2D eigenvalue weighted by Crippen LogP contribution is 2.26. The standard InChI is InChI=1S/C11H20N2O2/c1-2-3-10(12)11(14)13-6-8-4-5-9(7-13)15-8/h8-10H,2-7,12H2,1H3/t8?,9?,10-/m0/s1. The number of carbonyl (C=O) groups excluding carboxylic acids is 1. The molecule has 2 fully saturated rings. The van der Waals surface area contributed by atoms with E-state index in [1.807, 2.05) is 4.90 Å². The average Bonchev–Trinajstić information content (AvgIpc) is 2.57. The number of rotatable bonds is 3. The van der Waals surface area contributed by atoms with Gasteiger partial charge in [0.1, 0.15) is 0 Å². The van der Waals surface area contributed by atoms with Crippen molar-refractivity contribution < 1.29 is 9.53 Å². The molecule has 0 radical (unpaired) electrons. The Labute approximate surface area is 90.8 Å². The van der Waals surface area contributed by atoms with Crippen molar-refractivity contribution in [1.29, 1.82) is 0 Å². The second kappa shape index (κ2) is 4.49. The van der Waals surface area contributed by atoms with Crippen molar-refractivity contribution >= 4 is 5.91 Å². The molecule has 0 aromatic rings. The highest BCUT2D eigenvalue weighted by molar-refractivity contribution is 5.81. The van der Waals surface area contributed by atoms with E-state index in [2.05, 4.69) is 6.92 Å².